The maximum atomic E-state index is 12.4. The minimum Gasteiger partial charge on any atom is -0.452 e. The number of hydrogen-bond donors (Lipinski definition) is 2. The zero-order valence-corrected chi connectivity index (χ0v) is 18.1. The van der Waals surface area contributed by atoms with E-state index >= 15 is 0 Å². The third-order valence-corrected chi connectivity index (χ3v) is 6.22. The van der Waals surface area contributed by atoms with Crippen molar-refractivity contribution < 1.29 is 27.7 Å². The number of esters is 1. The molecule has 0 aliphatic rings. The van der Waals surface area contributed by atoms with Crippen LogP contribution in [0.25, 0.3) is 0 Å². The van der Waals surface area contributed by atoms with E-state index in [9.17, 15) is 28.1 Å². The van der Waals surface area contributed by atoms with Crippen LogP contribution in [0.1, 0.15) is 15.9 Å². The molecule has 0 radical (unpaired) electrons. The lowest BCUT2D eigenvalue weighted by Crippen LogP contribution is -2.24. The zero-order valence-electron chi connectivity index (χ0n) is 17.3. The highest BCUT2D eigenvalue weighted by Crippen LogP contribution is 2.25. The van der Waals surface area contributed by atoms with Crippen molar-refractivity contribution in [1.29, 1.82) is 0 Å². The van der Waals surface area contributed by atoms with E-state index in [1.54, 1.807) is 13.0 Å². The molecule has 12 heteroatoms. The Bertz CT molecular complexity index is 1130. The summed E-state index contributed by atoms with van der Waals surface area (Å²) < 4.78 is 30.7. The predicted octanol–water partition coefficient (Wildman–Crippen LogP) is 1.99. The number of hydrogen-bond acceptors (Lipinski definition) is 8. The topological polar surface area (TPSA) is 148 Å². The zero-order chi connectivity index (χ0) is 23.3. The average Bonchev–Trinajstić information content (AvgIpc) is 2.72. The Morgan fingerprint density at radius 1 is 1.16 bits per heavy atom. The molecule has 0 unspecified atom stereocenters. The molecule has 0 heterocycles. The molecule has 2 N–H and O–H groups in total. The summed E-state index contributed by atoms with van der Waals surface area (Å²) in [7, 11) is 0.588. The maximum Gasteiger partial charge on any atom is 0.338 e. The lowest BCUT2D eigenvalue weighted by molar-refractivity contribution is -0.384. The number of rotatable bonds is 8. The number of amides is 1. The number of nitrogens with zero attached hydrogens (tertiary/aromatic N) is 2. The van der Waals surface area contributed by atoms with Crippen LogP contribution in [-0.2, 0) is 19.6 Å². The molecule has 0 aromatic heterocycles. The number of sulfonamides is 1. The van der Waals surface area contributed by atoms with Gasteiger partial charge in [-0.2, -0.15) is 0 Å². The molecule has 1 amide bonds. The summed E-state index contributed by atoms with van der Waals surface area (Å²) in [5, 5.41) is 16.2. The number of nitro groups is 1. The molecule has 2 aromatic rings. The summed E-state index contributed by atoms with van der Waals surface area (Å²) in [5.74, 6) is -1.62. The standard InChI is InChI=1S/C19H22N4O7S/c1-12-5-7-14(10-17(12)31(28,29)22(3)4)21-18(24)11-30-19(25)13-6-8-15(20-2)16(9-13)23(26)27/h5-10,20H,11H2,1-4H3,(H,21,24). The molecule has 2 rings (SSSR count). The first kappa shape index (κ1) is 23.8. The van der Waals surface area contributed by atoms with Gasteiger partial charge in [0.25, 0.3) is 11.6 Å². The van der Waals surface area contributed by atoms with Crippen LogP contribution in [0.2, 0.25) is 0 Å². The average molecular weight is 450 g/mol. The molecule has 0 atom stereocenters. The van der Waals surface area contributed by atoms with Crippen LogP contribution in [-0.4, -0.2) is 57.3 Å². The highest BCUT2D eigenvalue weighted by molar-refractivity contribution is 7.89. The van der Waals surface area contributed by atoms with Crippen LogP contribution in [0.4, 0.5) is 17.1 Å². The van der Waals surface area contributed by atoms with Crippen LogP contribution in [0.15, 0.2) is 41.3 Å². The monoisotopic (exact) mass is 450 g/mol. The third-order valence-electron chi connectivity index (χ3n) is 4.26. The Balaban J connectivity index is 2.08. The summed E-state index contributed by atoms with van der Waals surface area (Å²) in [4.78, 5) is 34.8. The summed E-state index contributed by atoms with van der Waals surface area (Å²) in [6.45, 7) is 0.965. The maximum absolute atomic E-state index is 12.4. The van der Waals surface area contributed by atoms with Gasteiger partial charge in [0, 0.05) is 32.9 Å². The smallest absolute Gasteiger partial charge is 0.338 e. The van der Waals surface area contributed by atoms with E-state index in [0.717, 1.165) is 10.4 Å². The van der Waals surface area contributed by atoms with Crippen LogP contribution in [0.3, 0.4) is 0 Å². The van der Waals surface area contributed by atoms with Gasteiger partial charge in [-0.25, -0.2) is 17.5 Å². The second kappa shape index (κ2) is 9.53. The first-order valence-corrected chi connectivity index (χ1v) is 10.4. The molecule has 2 aromatic carbocycles. The number of carbonyl (C=O) groups excluding carboxylic acids is 2. The summed E-state index contributed by atoms with van der Waals surface area (Å²) in [6.07, 6.45) is 0. The first-order chi connectivity index (χ1) is 14.5. The number of ether oxygens (including phenoxy) is 1. The van der Waals surface area contributed by atoms with Crippen molar-refractivity contribution in [3.63, 3.8) is 0 Å². The second-order valence-corrected chi connectivity index (χ2v) is 8.75. The van der Waals surface area contributed by atoms with Gasteiger partial charge in [-0.05, 0) is 36.8 Å². The van der Waals surface area contributed by atoms with Gasteiger partial charge in [-0.1, -0.05) is 6.07 Å². The summed E-state index contributed by atoms with van der Waals surface area (Å²) in [6, 6.07) is 8.10. The first-order valence-electron chi connectivity index (χ1n) is 8.93. The predicted molar refractivity (Wildman–Crippen MR) is 114 cm³/mol. The molecule has 0 saturated heterocycles. The van der Waals surface area contributed by atoms with Gasteiger partial charge in [-0.15, -0.1) is 0 Å². The number of anilines is 2. The number of nitro benzene ring substituents is 1. The number of nitrogens with one attached hydrogen (secondary N) is 2. The van der Waals surface area contributed by atoms with E-state index in [-0.39, 0.29) is 27.5 Å². The third kappa shape index (κ3) is 5.55. The minimum atomic E-state index is -3.71. The van der Waals surface area contributed by atoms with Gasteiger partial charge in [0.2, 0.25) is 10.0 Å². The quantitative estimate of drug-likeness (QED) is 0.352. The van der Waals surface area contributed by atoms with Crippen LogP contribution in [0.5, 0.6) is 0 Å². The summed E-state index contributed by atoms with van der Waals surface area (Å²) >= 11 is 0. The number of carbonyl (C=O) groups is 2. The normalized spacial score (nSPS) is 11.1. The Kier molecular flexibility index (Phi) is 7.31. The highest BCUT2D eigenvalue weighted by Gasteiger charge is 2.21. The fourth-order valence-electron chi connectivity index (χ4n) is 2.59. The number of benzene rings is 2. The van der Waals surface area contributed by atoms with Gasteiger partial charge >= 0.3 is 5.97 Å². The van der Waals surface area contributed by atoms with Gasteiger partial charge in [0.05, 0.1) is 15.4 Å². The molecule has 0 spiro atoms. The van der Waals surface area contributed by atoms with E-state index in [1.165, 1.54) is 45.4 Å². The van der Waals surface area contributed by atoms with E-state index in [2.05, 4.69) is 10.6 Å². The van der Waals surface area contributed by atoms with E-state index in [0.29, 0.717) is 5.56 Å². The van der Waals surface area contributed by atoms with Crippen molar-refractivity contribution in [1.82, 2.24) is 4.31 Å². The lowest BCUT2D eigenvalue weighted by atomic mass is 10.1. The Morgan fingerprint density at radius 3 is 2.42 bits per heavy atom. The second-order valence-electron chi connectivity index (χ2n) is 6.63. The van der Waals surface area contributed by atoms with Crippen LogP contribution < -0.4 is 10.6 Å². The molecule has 11 nitrogen and oxygen atoms in total. The van der Waals surface area contributed by atoms with Gasteiger partial charge in [-0.3, -0.25) is 14.9 Å². The van der Waals surface area contributed by atoms with E-state index in [4.69, 9.17) is 4.74 Å². The molecule has 0 aliphatic heterocycles. The Labute approximate surface area is 179 Å². The van der Waals surface area contributed by atoms with Crippen LogP contribution >= 0.6 is 0 Å². The van der Waals surface area contributed by atoms with E-state index < -0.39 is 33.4 Å². The highest BCUT2D eigenvalue weighted by atomic mass is 32.2. The molecule has 0 saturated carbocycles. The minimum absolute atomic E-state index is 0.0317. The van der Waals surface area contributed by atoms with Crippen molar-refractivity contribution in [2.75, 3.05) is 38.4 Å². The number of aryl methyl sites for hydroxylation is 1. The van der Waals surface area contributed by atoms with Crippen molar-refractivity contribution >= 4 is 39.0 Å². The Hall–Kier alpha value is -3.51. The van der Waals surface area contributed by atoms with Crippen molar-refractivity contribution in [3.05, 3.63) is 57.6 Å². The van der Waals surface area contributed by atoms with Gasteiger partial charge < -0.3 is 15.4 Å². The van der Waals surface area contributed by atoms with Gasteiger partial charge in [0.1, 0.15) is 5.69 Å². The molecule has 31 heavy (non-hydrogen) atoms. The fourth-order valence-corrected chi connectivity index (χ4v) is 3.73. The SMILES string of the molecule is CNc1ccc(C(=O)OCC(=O)Nc2ccc(C)c(S(=O)(=O)N(C)C)c2)cc1[N+](=O)[O-]. The van der Waals surface area contributed by atoms with Crippen LogP contribution in [0, 0.1) is 17.0 Å². The largest absolute Gasteiger partial charge is 0.452 e. The molecule has 166 valence electrons. The van der Waals surface area contributed by atoms with Crippen molar-refractivity contribution in [2.45, 2.75) is 11.8 Å². The summed E-state index contributed by atoms with van der Waals surface area (Å²) in [5.41, 5.74) is 0.539. The lowest BCUT2D eigenvalue weighted by Gasteiger charge is -2.15. The van der Waals surface area contributed by atoms with Crippen molar-refractivity contribution in [2.24, 2.45) is 0 Å². The van der Waals surface area contributed by atoms with Crippen molar-refractivity contribution in [3.8, 4) is 0 Å². The fraction of sp³-hybridized carbons (Fsp3) is 0.263. The van der Waals surface area contributed by atoms with Gasteiger partial charge in [0.15, 0.2) is 6.61 Å². The molecule has 0 bridgehead atoms. The molecular formula is C19H22N4O7S. The molecule has 0 fully saturated rings. The molecular weight excluding hydrogens is 428 g/mol. The Morgan fingerprint density at radius 2 is 1.84 bits per heavy atom. The van der Waals surface area contributed by atoms with E-state index in [1.807, 2.05) is 0 Å². The molecule has 0 aliphatic carbocycles.